The number of fused-ring (bicyclic) bond motifs is 1. The topological polar surface area (TPSA) is 70.2 Å². The van der Waals surface area contributed by atoms with Gasteiger partial charge in [0.15, 0.2) is 0 Å². The molecule has 0 atom stereocenters. The summed E-state index contributed by atoms with van der Waals surface area (Å²) in [5.41, 5.74) is 4.33. The van der Waals surface area contributed by atoms with Crippen molar-refractivity contribution in [1.29, 1.82) is 0 Å². The van der Waals surface area contributed by atoms with Gasteiger partial charge in [-0.15, -0.1) is 0 Å². The number of anilines is 1. The molecular weight excluding hydrogens is 414 g/mol. The van der Waals surface area contributed by atoms with Gasteiger partial charge < -0.3 is 19.9 Å². The molecule has 1 amide bonds. The molecule has 164 valence electrons. The molecule has 0 radical (unpaired) electrons. The number of ether oxygens (including phenoxy) is 1. The molecule has 1 saturated heterocycles. The summed E-state index contributed by atoms with van der Waals surface area (Å²) < 4.78 is 34.5. The minimum absolute atomic E-state index is 0.00896. The molecule has 0 aliphatic carbocycles. The molecule has 1 fully saturated rings. The predicted octanol–water partition coefficient (Wildman–Crippen LogP) is 3.65. The molecule has 2 N–H and O–H groups in total. The van der Waals surface area contributed by atoms with Crippen molar-refractivity contribution in [3.05, 3.63) is 70.7 Å². The molecule has 0 unspecified atom stereocenters. The summed E-state index contributed by atoms with van der Waals surface area (Å²) in [5, 5.41) is 2.83. The first kappa shape index (κ1) is 20.4. The predicted molar refractivity (Wildman–Crippen MR) is 118 cm³/mol. The number of aromatic amines is 1. The van der Waals surface area contributed by atoms with Crippen LogP contribution in [0.25, 0.3) is 23.4 Å². The van der Waals surface area contributed by atoms with Gasteiger partial charge >= 0.3 is 0 Å². The van der Waals surface area contributed by atoms with Gasteiger partial charge in [-0.2, -0.15) is 0 Å². The van der Waals surface area contributed by atoms with Crippen molar-refractivity contribution in [3.8, 4) is 11.3 Å². The second kappa shape index (κ2) is 8.55. The molecular formula is C24H22F2N4O2. The molecule has 1 aromatic carbocycles. The zero-order valence-electron chi connectivity index (χ0n) is 17.3. The third-order valence-electron chi connectivity index (χ3n) is 5.71. The summed E-state index contributed by atoms with van der Waals surface area (Å²) in [6, 6.07) is 8.20. The largest absolute Gasteiger partial charge is 0.378 e. The first-order valence-electron chi connectivity index (χ1n) is 10.5. The van der Waals surface area contributed by atoms with Crippen molar-refractivity contribution in [3.63, 3.8) is 0 Å². The first-order valence-corrected chi connectivity index (χ1v) is 10.5. The Morgan fingerprint density at radius 2 is 1.84 bits per heavy atom. The van der Waals surface area contributed by atoms with E-state index in [1.807, 2.05) is 18.2 Å². The summed E-state index contributed by atoms with van der Waals surface area (Å²) in [6.07, 6.45) is 5.77. The number of amides is 1. The molecule has 0 saturated carbocycles. The SMILES string of the molecule is O=C1NCCc2[nH]c(-c3ccnc(/C=C/c4cc(F)c(N5CCOCC5)c(F)c4)c3)cc21. The Morgan fingerprint density at radius 1 is 1.06 bits per heavy atom. The number of carbonyl (C=O) groups is 1. The number of nitrogens with zero attached hydrogens (tertiary/aromatic N) is 2. The smallest absolute Gasteiger partial charge is 0.253 e. The van der Waals surface area contributed by atoms with Gasteiger partial charge in [0, 0.05) is 49.2 Å². The summed E-state index contributed by atoms with van der Waals surface area (Å²) in [7, 11) is 0. The summed E-state index contributed by atoms with van der Waals surface area (Å²) in [5.74, 6) is -1.26. The van der Waals surface area contributed by atoms with E-state index in [0.29, 0.717) is 49.7 Å². The van der Waals surface area contributed by atoms with Crippen molar-refractivity contribution >= 4 is 23.7 Å². The Labute approximate surface area is 183 Å². The van der Waals surface area contributed by atoms with Crippen molar-refractivity contribution < 1.29 is 18.3 Å². The van der Waals surface area contributed by atoms with Crippen molar-refractivity contribution in [2.75, 3.05) is 37.7 Å². The van der Waals surface area contributed by atoms with Gasteiger partial charge in [0.25, 0.3) is 5.91 Å². The van der Waals surface area contributed by atoms with E-state index in [9.17, 15) is 13.6 Å². The third kappa shape index (κ3) is 4.01. The van der Waals surface area contributed by atoms with E-state index >= 15 is 0 Å². The van der Waals surface area contributed by atoms with Crippen LogP contribution < -0.4 is 10.2 Å². The fourth-order valence-electron chi connectivity index (χ4n) is 4.11. The Morgan fingerprint density at radius 3 is 2.59 bits per heavy atom. The Bertz CT molecular complexity index is 1180. The third-order valence-corrected chi connectivity index (χ3v) is 5.71. The van der Waals surface area contributed by atoms with Crippen LogP contribution in [0.1, 0.15) is 27.3 Å². The quantitative estimate of drug-likeness (QED) is 0.655. The van der Waals surface area contributed by atoms with Crippen molar-refractivity contribution in [2.24, 2.45) is 0 Å². The minimum Gasteiger partial charge on any atom is -0.378 e. The second-order valence-corrected chi connectivity index (χ2v) is 7.82. The summed E-state index contributed by atoms with van der Waals surface area (Å²) in [4.78, 5) is 21.3. The molecule has 3 aromatic rings. The van der Waals surface area contributed by atoms with Crippen LogP contribution in [-0.4, -0.2) is 48.7 Å². The maximum absolute atomic E-state index is 14.6. The van der Waals surface area contributed by atoms with Crippen LogP contribution in [-0.2, 0) is 11.2 Å². The van der Waals surface area contributed by atoms with Gasteiger partial charge in [0.05, 0.1) is 24.5 Å². The molecule has 8 heteroatoms. The highest BCUT2D eigenvalue weighted by atomic mass is 19.1. The van der Waals surface area contributed by atoms with Gasteiger partial charge in [0.1, 0.15) is 17.3 Å². The summed E-state index contributed by atoms with van der Waals surface area (Å²) >= 11 is 0. The normalized spacial score (nSPS) is 16.3. The standard InChI is InChI=1S/C24H22F2N4O2/c25-19-11-15(12-20(26)23(19)30-7-9-32-10-8-30)1-2-17-13-16(3-5-27-17)22-14-18-21(29-22)4-6-28-24(18)31/h1-3,5,11-14,29H,4,6-10H2,(H,28,31)/b2-1+. The van der Waals surface area contributed by atoms with Crippen LogP contribution >= 0.6 is 0 Å². The second-order valence-electron chi connectivity index (χ2n) is 7.82. The number of aromatic nitrogens is 2. The number of pyridine rings is 1. The van der Waals surface area contributed by atoms with Crippen molar-refractivity contribution in [2.45, 2.75) is 6.42 Å². The van der Waals surface area contributed by atoms with E-state index in [0.717, 1.165) is 23.4 Å². The highest BCUT2D eigenvalue weighted by Crippen LogP contribution is 2.27. The molecule has 32 heavy (non-hydrogen) atoms. The number of H-pyrrole nitrogens is 1. The Balaban J connectivity index is 1.38. The number of nitrogens with one attached hydrogen (secondary N) is 2. The number of hydrogen-bond acceptors (Lipinski definition) is 4. The van der Waals surface area contributed by atoms with Crippen LogP contribution in [0, 0.1) is 11.6 Å². The zero-order chi connectivity index (χ0) is 22.1. The number of benzene rings is 1. The molecule has 5 rings (SSSR count). The van der Waals surface area contributed by atoms with E-state index < -0.39 is 11.6 Å². The molecule has 2 aliphatic heterocycles. The van der Waals surface area contributed by atoms with Crippen LogP contribution in [0.15, 0.2) is 36.5 Å². The lowest BCUT2D eigenvalue weighted by Crippen LogP contribution is -2.37. The van der Waals surface area contributed by atoms with Gasteiger partial charge in [-0.3, -0.25) is 9.78 Å². The van der Waals surface area contributed by atoms with Gasteiger partial charge in [-0.25, -0.2) is 8.78 Å². The molecule has 0 spiro atoms. The number of halogens is 2. The lowest BCUT2D eigenvalue weighted by atomic mass is 10.1. The summed E-state index contributed by atoms with van der Waals surface area (Å²) in [6.45, 7) is 2.45. The molecule has 0 bridgehead atoms. The number of rotatable bonds is 4. The van der Waals surface area contributed by atoms with E-state index in [-0.39, 0.29) is 11.6 Å². The van der Waals surface area contributed by atoms with Gasteiger partial charge in [-0.05, 0) is 42.0 Å². The Hall–Kier alpha value is -3.52. The fraction of sp³-hybridized carbons (Fsp3) is 0.250. The zero-order valence-corrected chi connectivity index (χ0v) is 17.3. The average Bonchev–Trinajstić information content (AvgIpc) is 3.24. The number of hydrogen-bond donors (Lipinski definition) is 2. The lowest BCUT2D eigenvalue weighted by molar-refractivity contribution is 0.0946. The average molecular weight is 436 g/mol. The van der Waals surface area contributed by atoms with E-state index in [1.54, 1.807) is 23.2 Å². The minimum atomic E-state index is -0.594. The van der Waals surface area contributed by atoms with E-state index in [1.165, 1.54) is 12.1 Å². The van der Waals surface area contributed by atoms with E-state index in [4.69, 9.17) is 4.74 Å². The first-order chi connectivity index (χ1) is 15.6. The highest BCUT2D eigenvalue weighted by Gasteiger charge is 2.21. The highest BCUT2D eigenvalue weighted by molar-refractivity contribution is 5.97. The molecule has 2 aliphatic rings. The molecule has 6 nitrogen and oxygen atoms in total. The fourth-order valence-corrected chi connectivity index (χ4v) is 4.11. The monoisotopic (exact) mass is 436 g/mol. The maximum Gasteiger partial charge on any atom is 0.253 e. The van der Waals surface area contributed by atoms with Crippen LogP contribution in [0.5, 0.6) is 0 Å². The van der Waals surface area contributed by atoms with Crippen molar-refractivity contribution in [1.82, 2.24) is 15.3 Å². The van der Waals surface area contributed by atoms with Crippen LogP contribution in [0.3, 0.4) is 0 Å². The van der Waals surface area contributed by atoms with Crippen LogP contribution in [0.2, 0.25) is 0 Å². The van der Waals surface area contributed by atoms with Gasteiger partial charge in [0.2, 0.25) is 0 Å². The maximum atomic E-state index is 14.6. The van der Waals surface area contributed by atoms with E-state index in [2.05, 4.69) is 15.3 Å². The van der Waals surface area contributed by atoms with Gasteiger partial charge in [-0.1, -0.05) is 6.08 Å². The molecule has 4 heterocycles. The lowest BCUT2D eigenvalue weighted by Gasteiger charge is -2.29. The number of morpholine rings is 1. The number of carbonyl (C=O) groups excluding carboxylic acids is 1. The molecule has 2 aromatic heterocycles. The Kier molecular flexibility index (Phi) is 5.45. The van der Waals surface area contributed by atoms with Crippen LogP contribution in [0.4, 0.5) is 14.5 Å².